The van der Waals surface area contributed by atoms with Gasteiger partial charge in [-0.25, -0.2) is 14.8 Å². The van der Waals surface area contributed by atoms with Crippen LogP contribution in [-0.2, 0) is 13.0 Å². The molecule has 0 saturated carbocycles. The SMILES string of the molecule is CCN(C)c1nc(-c2ccccc2)nc2c1CN(C(=O)Nc1cccc(Cl)c1)CC2. The molecule has 1 aromatic heterocycles. The summed E-state index contributed by atoms with van der Waals surface area (Å²) in [5.74, 6) is 1.60. The minimum absolute atomic E-state index is 0.153. The van der Waals surface area contributed by atoms with E-state index in [2.05, 4.69) is 17.1 Å². The van der Waals surface area contributed by atoms with Crippen LogP contribution in [-0.4, -0.2) is 41.0 Å². The number of hydrogen-bond acceptors (Lipinski definition) is 4. The maximum atomic E-state index is 12.8. The second kappa shape index (κ2) is 8.71. The Balaban J connectivity index is 1.62. The molecule has 0 spiro atoms. The quantitative estimate of drug-likeness (QED) is 0.654. The zero-order valence-corrected chi connectivity index (χ0v) is 17.9. The molecule has 0 bridgehead atoms. The number of aromatic nitrogens is 2. The van der Waals surface area contributed by atoms with Crippen LogP contribution in [0.5, 0.6) is 0 Å². The summed E-state index contributed by atoms with van der Waals surface area (Å²) < 4.78 is 0. The fourth-order valence-corrected chi connectivity index (χ4v) is 3.71. The molecule has 7 heteroatoms. The van der Waals surface area contributed by atoms with Crippen molar-refractivity contribution in [3.05, 3.63) is 70.9 Å². The Bertz CT molecular complexity index is 1060. The summed E-state index contributed by atoms with van der Waals surface area (Å²) in [7, 11) is 2.02. The first kappa shape index (κ1) is 20.2. The topological polar surface area (TPSA) is 61.4 Å². The van der Waals surface area contributed by atoms with E-state index in [4.69, 9.17) is 21.6 Å². The molecule has 2 aromatic carbocycles. The molecular weight excluding hydrogens is 398 g/mol. The van der Waals surface area contributed by atoms with E-state index < -0.39 is 0 Å². The Morgan fingerprint density at radius 1 is 1.17 bits per heavy atom. The number of rotatable bonds is 4. The molecule has 2 amide bonds. The molecule has 30 heavy (non-hydrogen) atoms. The lowest BCUT2D eigenvalue weighted by Crippen LogP contribution is -2.40. The number of hydrogen-bond donors (Lipinski definition) is 1. The lowest BCUT2D eigenvalue weighted by atomic mass is 10.0. The van der Waals surface area contributed by atoms with E-state index in [9.17, 15) is 4.79 Å². The van der Waals surface area contributed by atoms with Gasteiger partial charge in [0.25, 0.3) is 0 Å². The summed E-state index contributed by atoms with van der Waals surface area (Å²) in [5.41, 5.74) is 3.68. The van der Waals surface area contributed by atoms with Gasteiger partial charge >= 0.3 is 6.03 Å². The first-order valence-corrected chi connectivity index (χ1v) is 10.4. The smallest absolute Gasteiger partial charge is 0.322 e. The molecule has 1 aliphatic heterocycles. The number of urea groups is 1. The van der Waals surface area contributed by atoms with Crippen LogP contribution >= 0.6 is 11.6 Å². The van der Waals surface area contributed by atoms with Crippen LogP contribution in [0.25, 0.3) is 11.4 Å². The molecule has 4 rings (SSSR count). The summed E-state index contributed by atoms with van der Waals surface area (Å²) in [6, 6.07) is 17.0. The number of halogens is 1. The normalized spacial score (nSPS) is 13.0. The van der Waals surface area contributed by atoms with Crippen molar-refractivity contribution >= 4 is 29.1 Å². The van der Waals surface area contributed by atoms with Crippen LogP contribution in [0.4, 0.5) is 16.3 Å². The van der Waals surface area contributed by atoms with Gasteiger partial charge in [-0.1, -0.05) is 48.0 Å². The summed E-state index contributed by atoms with van der Waals surface area (Å²) in [6.07, 6.45) is 0.686. The van der Waals surface area contributed by atoms with Gasteiger partial charge in [0.05, 0.1) is 12.2 Å². The number of carbonyl (C=O) groups is 1. The number of nitrogens with one attached hydrogen (secondary N) is 1. The number of anilines is 2. The van der Waals surface area contributed by atoms with Crippen LogP contribution in [0, 0.1) is 0 Å². The van der Waals surface area contributed by atoms with Gasteiger partial charge in [-0.05, 0) is 25.1 Å². The predicted octanol–water partition coefficient (Wildman–Crippen LogP) is 4.84. The van der Waals surface area contributed by atoms with E-state index in [-0.39, 0.29) is 6.03 Å². The van der Waals surface area contributed by atoms with Gasteiger partial charge in [0.2, 0.25) is 0 Å². The number of carbonyl (C=O) groups excluding carboxylic acids is 1. The van der Waals surface area contributed by atoms with Crippen molar-refractivity contribution in [2.45, 2.75) is 19.9 Å². The molecule has 3 aromatic rings. The minimum Gasteiger partial charge on any atom is -0.360 e. The van der Waals surface area contributed by atoms with Gasteiger partial charge in [0, 0.05) is 48.4 Å². The van der Waals surface area contributed by atoms with Gasteiger partial charge in [0.15, 0.2) is 5.82 Å². The molecule has 2 heterocycles. The van der Waals surface area contributed by atoms with Crippen molar-refractivity contribution in [2.24, 2.45) is 0 Å². The summed E-state index contributed by atoms with van der Waals surface area (Å²) >= 11 is 6.03. The van der Waals surface area contributed by atoms with Crippen LogP contribution in [0.1, 0.15) is 18.2 Å². The number of amides is 2. The average Bonchev–Trinajstić information content (AvgIpc) is 2.78. The van der Waals surface area contributed by atoms with E-state index >= 15 is 0 Å². The molecule has 154 valence electrons. The first-order chi connectivity index (χ1) is 14.5. The third-order valence-corrected chi connectivity index (χ3v) is 5.50. The third-order valence-electron chi connectivity index (χ3n) is 5.27. The Morgan fingerprint density at radius 2 is 1.97 bits per heavy atom. The van der Waals surface area contributed by atoms with Crippen molar-refractivity contribution in [3.63, 3.8) is 0 Å². The Kier molecular flexibility index (Phi) is 5.86. The van der Waals surface area contributed by atoms with E-state index in [1.807, 2.05) is 49.5 Å². The second-order valence-electron chi connectivity index (χ2n) is 7.29. The molecule has 0 aliphatic carbocycles. The lowest BCUT2D eigenvalue weighted by molar-refractivity contribution is 0.206. The number of benzene rings is 2. The third kappa shape index (κ3) is 4.24. The average molecular weight is 422 g/mol. The van der Waals surface area contributed by atoms with Crippen molar-refractivity contribution in [1.29, 1.82) is 0 Å². The fraction of sp³-hybridized carbons (Fsp3) is 0.261. The summed E-state index contributed by atoms with van der Waals surface area (Å²) in [4.78, 5) is 26.4. The van der Waals surface area contributed by atoms with Crippen molar-refractivity contribution < 1.29 is 4.79 Å². The molecule has 6 nitrogen and oxygen atoms in total. The van der Waals surface area contributed by atoms with Crippen LogP contribution < -0.4 is 10.2 Å². The molecule has 0 atom stereocenters. The summed E-state index contributed by atoms with van der Waals surface area (Å²) in [5, 5.41) is 3.52. The van der Waals surface area contributed by atoms with Gasteiger partial charge in [-0.3, -0.25) is 0 Å². The molecule has 0 radical (unpaired) electrons. The zero-order chi connectivity index (χ0) is 21.1. The Labute approximate surface area is 181 Å². The van der Waals surface area contributed by atoms with E-state index in [1.54, 1.807) is 17.0 Å². The molecule has 0 fully saturated rings. The van der Waals surface area contributed by atoms with Gasteiger partial charge in [0.1, 0.15) is 5.82 Å². The summed E-state index contributed by atoms with van der Waals surface area (Å²) in [6.45, 7) is 3.96. The van der Waals surface area contributed by atoms with E-state index in [1.165, 1.54) is 0 Å². The zero-order valence-electron chi connectivity index (χ0n) is 17.1. The highest BCUT2D eigenvalue weighted by molar-refractivity contribution is 6.30. The second-order valence-corrected chi connectivity index (χ2v) is 7.72. The lowest BCUT2D eigenvalue weighted by Gasteiger charge is -2.31. The highest BCUT2D eigenvalue weighted by Crippen LogP contribution is 2.29. The molecule has 1 N–H and O–H groups in total. The largest absolute Gasteiger partial charge is 0.360 e. The first-order valence-electron chi connectivity index (χ1n) is 10.0. The van der Waals surface area contributed by atoms with E-state index in [0.717, 1.165) is 35.0 Å². The Hall–Kier alpha value is -3.12. The van der Waals surface area contributed by atoms with Crippen LogP contribution in [0.3, 0.4) is 0 Å². The standard InChI is InChI=1S/C23H24ClN5O/c1-3-28(2)22-19-15-29(23(30)25-18-11-7-10-17(24)14-18)13-12-20(19)26-21(27-22)16-8-5-4-6-9-16/h4-11,14H,3,12-13,15H2,1-2H3,(H,25,30). The van der Waals surface area contributed by atoms with Crippen molar-refractivity contribution in [3.8, 4) is 11.4 Å². The van der Waals surface area contributed by atoms with Gasteiger partial charge < -0.3 is 15.1 Å². The fourth-order valence-electron chi connectivity index (χ4n) is 3.52. The highest BCUT2D eigenvalue weighted by atomic mass is 35.5. The van der Waals surface area contributed by atoms with E-state index in [0.29, 0.717) is 30.2 Å². The maximum absolute atomic E-state index is 12.8. The van der Waals surface area contributed by atoms with Crippen molar-refractivity contribution in [1.82, 2.24) is 14.9 Å². The van der Waals surface area contributed by atoms with Crippen LogP contribution in [0.2, 0.25) is 5.02 Å². The Morgan fingerprint density at radius 3 is 2.70 bits per heavy atom. The highest BCUT2D eigenvalue weighted by Gasteiger charge is 2.27. The van der Waals surface area contributed by atoms with Crippen molar-refractivity contribution in [2.75, 3.05) is 30.4 Å². The van der Waals surface area contributed by atoms with Gasteiger partial charge in [-0.15, -0.1) is 0 Å². The maximum Gasteiger partial charge on any atom is 0.322 e. The predicted molar refractivity (Wildman–Crippen MR) is 121 cm³/mol. The molecular formula is C23H24ClN5O. The number of nitrogens with zero attached hydrogens (tertiary/aromatic N) is 4. The van der Waals surface area contributed by atoms with Crippen LogP contribution in [0.15, 0.2) is 54.6 Å². The molecule has 0 unspecified atom stereocenters. The monoisotopic (exact) mass is 421 g/mol. The molecule has 0 saturated heterocycles. The number of fused-ring (bicyclic) bond motifs is 1. The minimum atomic E-state index is -0.153. The van der Waals surface area contributed by atoms with Gasteiger partial charge in [-0.2, -0.15) is 0 Å². The molecule has 1 aliphatic rings.